The minimum Gasteiger partial charge on any atom is -0.316 e. The maximum atomic E-state index is 12.4. The lowest BCUT2D eigenvalue weighted by Gasteiger charge is -2.20. The van der Waals surface area contributed by atoms with E-state index in [9.17, 15) is 8.42 Å². The second kappa shape index (κ2) is 6.72. The number of hydrogen-bond donors (Lipinski definition) is 1. The van der Waals surface area contributed by atoms with Gasteiger partial charge in [-0.1, -0.05) is 46.2 Å². The van der Waals surface area contributed by atoms with E-state index in [-0.39, 0.29) is 17.2 Å². The van der Waals surface area contributed by atoms with Gasteiger partial charge in [0.15, 0.2) is 9.84 Å². The van der Waals surface area contributed by atoms with Gasteiger partial charge in [0, 0.05) is 6.04 Å². The molecule has 0 aliphatic rings. The van der Waals surface area contributed by atoms with Crippen molar-refractivity contribution in [1.29, 1.82) is 0 Å². The molecule has 1 N–H and O–H groups in total. The fourth-order valence-electron chi connectivity index (χ4n) is 2.18. The Morgan fingerprint density at radius 1 is 1.15 bits per heavy atom. The van der Waals surface area contributed by atoms with Gasteiger partial charge in [-0.25, -0.2) is 8.42 Å². The molecule has 0 aliphatic heterocycles. The summed E-state index contributed by atoms with van der Waals surface area (Å²) in [4.78, 5) is 0.418. The first-order valence-electron chi connectivity index (χ1n) is 7.21. The van der Waals surface area contributed by atoms with E-state index in [0.717, 1.165) is 18.4 Å². The maximum Gasteiger partial charge on any atom is 0.179 e. The van der Waals surface area contributed by atoms with Gasteiger partial charge in [-0.2, -0.15) is 0 Å². The Labute approximate surface area is 123 Å². The van der Waals surface area contributed by atoms with Crippen LogP contribution in [-0.4, -0.2) is 27.3 Å². The monoisotopic (exact) mass is 297 g/mol. The predicted molar refractivity (Wildman–Crippen MR) is 85.0 cm³/mol. The third-order valence-corrected chi connectivity index (χ3v) is 5.38. The van der Waals surface area contributed by atoms with Gasteiger partial charge in [-0.3, -0.25) is 0 Å². The highest BCUT2D eigenvalue weighted by atomic mass is 32.2. The summed E-state index contributed by atoms with van der Waals surface area (Å²) in [5.74, 6) is 0.159. The van der Waals surface area contributed by atoms with Gasteiger partial charge < -0.3 is 5.32 Å². The molecule has 3 nitrogen and oxygen atoms in total. The summed E-state index contributed by atoms with van der Waals surface area (Å²) in [5, 5.41) is 3.09. The summed E-state index contributed by atoms with van der Waals surface area (Å²) < 4.78 is 24.8. The Kier molecular flexibility index (Phi) is 5.78. The molecule has 1 atom stereocenters. The normalized spacial score (nSPS) is 14.2. The quantitative estimate of drug-likeness (QED) is 0.877. The molecule has 0 spiro atoms. The van der Waals surface area contributed by atoms with Crippen LogP contribution in [0.15, 0.2) is 29.2 Å². The highest BCUT2D eigenvalue weighted by molar-refractivity contribution is 7.91. The van der Waals surface area contributed by atoms with Crippen LogP contribution < -0.4 is 5.32 Å². The highest BCUT2D eigenvalue weighted by Gasteiger charge is 2.21. The molecule has 0 aliphatic carbocycles. The molecule has 114 valence electrons. The molecular formula is C16H27NO2S. The Morgan fingerprint density at radius 3 is 2.10 bits per heavy atom. The number of rotatable bonds is 6. The van der Waals surface area contributed by atoms with Crippen LogP contribution in [0.2, 0.25) is 0 Å². The molecule has 0 fully saturated rings. The van der Waals surface area contributed by atoms with Crippen molar-refractivity contribution in [3.63, 3.8) is 0 Å². The van der Waals surface area contributed by atoms with Crippen molar-refractivity contribution < 1.29 is 8.42 Å². The zero-order chi connectivity index (χ0) is 15.4. The highest BCUT2D eigenvalue weighted by Crippen LogP contribution is 2.24. The summed E-state index contributed by atoms with van der Waals surface area (Å²) >= 11 is 0. The van der Waals surface area contributed by atoms with Crippen LogP contribution in [0, 0.1) is 0 Å². The van der Waals surface area contributed by atoms with Crippen molar-refractivity contribution in [2.45, 2.75) is 56.9 Å². The molecule has 1 aromatic rings. The Balaban J connectivity index is 2.93. The minimum atomic E-state index is -3.22. The van der Waals surface area contributed by atoms with E-state index in [0.29, 0.717) is 4.90 Å². The van der Waals surface area contributed by atoms with Crippen LogP contribution in [0.3, 0.4) is 0 Å². The van der Waals surface area contributed by atoms with Crippen LogP contribution in [0.1, 0.15) is 46.1 Å². The van der Waals surface area contributed by atoms with Gasteiger partial charge in [-0.15, -0.1) is 0 Å². The van der Waals surface area contributed by atoms with Crippen LogP contribution >= 0.6 is 0 Å². The topological polar surface area (TPSA) is 46.2 Å². The first-order chi connectivity index (χ1) is 9.20. The van der Waals surface area contributed by atoms with E-state index in [1.165, 1.54) is 0 Å². The van der Waals surface area contributed by atoms with Crippen LogP contribution in [0.5, 0.6) is 0 Å². The maximum absolute atomic E-state index is 12.4. The number of benzene rings is 1. The second-order valence-electron chi connectivity index (χ2n) is 6.33. The van der Waals surface area contributed by atoms with Crippen LogP contribution in [-0.2, 0) is 15.3 Å². The Hall–Kier alpha value is -0.870. The minimum absolute atomic E-state index is 0.0206. The predicted octanol–water partition coefficient (Wildman–Crippen LogP) is 3.15. The Morgan fingerprint density at radius 2 is 1.70 bits per heavy atom. The van der Waals surface area contributed by atoms with Gasteiger partial charge in [0.1, 0.15) is 0 Å². The molecule has 4 heteroatoms. The summed E-state index contributed by atoms with van der Waals surface area (Å²) in [6.45, 7) is 8.42. The van der Waals surface area contributed by atoms with Crippen LogP contribution in [0.25, 0.3) is 0 Å². The molecule has 0 saturated heterocycles. The standard InChI is InChI=1S/C16H27NO2S/c1-6-7-14(17-5)12-20(18,19)15-10-8-13(9-11-15)16(2,3)4/h8-11,14,17H,6-7,12H2,1-5H3. The number of hydrogen-bond acceptors (Lipinski definition) is 3. The van der Waals surface area contributed by atoms with Crippen molar-refractivity contribution in [1.82, 2.24) is 5.32 Å². The molecule has 0 saturated carbocycles. The lowest BCUT2D eigenvalue weighted by Crippen LogP contribution is -2.32. The van der Waals surface area contributed by atoms with E-state index < -0.39 is 9.84 Å². The van der Waals surface area contributed by atoms with E-state index in [2.05, 4.69) is 33.0 Å². The van der Waals surface area contributed by atoms with Crippen molar-refractivity contribution in [3.05, 3.63) is 29.8 Å². The molecule has 1 aromatic carbocycles. The van der Waals surface area contributed by atoms with Crippen molar-refractivity contribution in [2.24, 2.45) is 0 Å². The number of sulfone groups is 1. The van der Waals surface area contributed by atoms with Crippen LogP contribution in [0.4, 0.5) is 0 Å². The van der Waals surface area contributed by atoms with Gasteiger partial charge in [0.2, 0.25) is 0 Å². The zero-order valence-corrected chi connectivity index (χ0v) is 14.0. The van der Waals surface area contributed by atoms with E-state index >= 15 is 0 Å². The molecule has 1 rings (SSSR count). The molecule has 0 radical (unpaired) electrons. The summed E-state index contributed by atoms with van der Waals surface area (Å²) in [5.41, 5.74) is 1.19. The third kappa shape index (κ3) is 4.60. The molecule has 0 heterocycles. The molecule has 0 bridgehead atoms. The molecule has 0 amide bonds. The first kappa shape index (κ1) is 17.2. The van der Waals surface area contributed by atoms with Crippen molar-refractivity contribution in [2.75, 3.05) is 12.8 Å². The van der Waals surface area contributed by atoms with Gasteiger partial charge in [-0.05, 0) is 36.6 Å². The smallest absolute Gasteiger partial charge is 0.179 e. The summed E-state index contributed by atoms with van der Waals surface area (Å²) in [7, 11) is -1.40. The second-order valence-corrected chi connectivity index (χ2v) is 8.36. The third-order valence-electron chi connectivity index (χ3n) is 3.55. The lowest BCUT2D eigenvalue weighted by molar-refractivity contribution is 0.536. The summed E-state index contributed by atoms with van der Waals surface area (Å²) in [6, 6.07) is 7.32. The molecule has 1 unspecified atom stereocenters. The molecule has 0 aromatic heterocycles. The van der Waals surface area contributed by atoms with Gasteiger partial charge in [0.05, 0.1) is 10.6 Å². The van der Waals surface area contributed by atoms with E-state index in [4.69, 9.17) is 0 Å². The van der Waals surface area contributed by atoms with E-state index in [1.807, 2.05) is 19.2 Å². The fraction of sp³-hybridized carbons (Fsp3) is 0.625. The van der Waals surface area contributed by atoms with Gasteiger partial charge >= 0.3 is 0 Å². The van der Waals surface area contributed by atoms with Crippen molar-refractivity contribution >= 4 is 9.84 Å². The molecular weight excluding hydrogens is 270 g/mol. The molecule has 20 heavy (non-hydrogen) atoms. The number of nitrogens with one attached hydrogen (secondary N) is 1. The lowest BCUT2D eigenvalue weighted by atomic mass is 9.87. The zero-order valence-electron chi connectivity index (χ0n) is 13.2. The average Bonchev–Trinajstić information content (AvgIpc) is 2.37. The largest absolute Gasteiger partial charge is 0.316 e. The van der Waals surface area contributed by atoms with E-state index in [1.54, 1.807) is 12.1 Å². The summed E-state index contributed by atoms with van der Waals surface area (Å²) in [6.07, 6.45) is 1.85. The first-order valence-corrected chi connectivity index (χ1v) is 8.86. The van der Waals surface area contributed by atoms with Gasteiger partial charge in [0.25, 0.3) is 0 Å². The Bertz CT molecular complexity index is 512. The van der Waals surface area contributed by atoms with Crippen molar-refractivity contribution in [3.8, 4) is 0 Å². The fourth-order valence-corrected chi connectivity index (χ4v) is 3.79. The average molecular weight is 297 g/mol. The SMILES string of the molecule is CCCC(CS(=O)(=O)c1ccc(C(C)(C)C)cc1)NC.